The van der Waals surface area contributed by atoms with Crippen molar-refractivity contribution in [1.29, 1.82) is 0 Å². The summed E-state index contributed by atoms with van der Waals surface area (Å²) >= 11 is 0. The highest BCUT2D eigenvalue weighted by atomic mass is 16.5. The Labute approximate surface area is 147 Å². The Morgan fingerprint density at radius 3 is 2.88 bits per heavy atom. The molecule has 1 atom stereocenters. The normalized spacial score (nSPS) is 17.4. The summed E-state index contributed by atoms with van der Waals surface area (Å²) in [7, 11) is 0. The summed E-state index contributed by atoms with van der Waals surface area (Å²) in [6.45, 7) is 5.05. The number of para-hydroxylation sites is 1. The van der Waals surface area contributed by atoms with Gasteiger partial charge >= 0.3 is 5.97 Å². The number of aromatic nitrogens is 2. The van der Waals surface area contributed by atoms with E-state index >= 15 is 0 Å². The van der Waals surface area contributed by atoms with E-state index in [9.17, 15) is 9.90 Å². The van der Waals surface area contributed by atoms with Crippen LogP contribution < -0.4 is 4.90 Å². The standard InChI is InChI=1S/C19H23N3O3/c1-3-25-19(24)15-12-20-17(14-9-4-5-10-16(14)23)21-18(15)22-11-7-6-8-13(22)2/h4-5,9-10,12-13,23H,3,6-8,11H2,1-2H3. The predicted octanol–water partition coefficient (Wildman–Crippen LogP) is 3.40. The Kier molecular flexibility index (Phi) is 5.16. The van der Waals surface area contributed by atoms with Crippen molar-refractivity contribution in [3.05, 3.63) is 36.0 Å². The van der Waals surface area contributed by atoms with Crippen molar-refractivity contribution < 1.29 is 14.6 Å². The lowest BCUT2D eigenvalue weighted by molar-refractivity contribution is 0.0526. The number of piperidine rings is 1. The summed E-state index contributed by atoms with van der Waals surface area (Å²) in [4.78, 5) is 23.4. The summed E-state index contributed by atoms with van der Waals surface area (Å²) in [6, 6.07) is 7.22. The molecule has 0 saturated carbocycles. The number of phenolic OH excluding ortho intramolecular Hbond substituents is 1. The van der Waals surface area contributed by atoms with Crippen molar-refractivity contribution in [2.24, 2.45) is 0 Å². The number of rotatable bonds is 4. The molecule has 6 nitrogen and oxygen atoms in total. The van der Waals surface area contributed by atoms with Gasteiger partial charge in [0.05, 0.1) is 12.2 Å². The smallest absolute Gasteiger partial charge is 0.343 e. The summed E-state index contributed by atoms with van der Waals surface area (Å²) in [5.41, 5.74) is 0.915. The summed E-state index contributed by atoms with van der Waals surface area (Å²) in [5, 5.41) is 10.1. The quantitative estimate of drug-likeness (QED) is 0.859. The molecule has 6 heteroatoms. The van der Waals surface area contributed by atoms with Gasteiger partial charge in [0.25, 0.3) is 0 Å². The fourth-order valence-corrected chi connectivity index (χ4v) is 3.15. The van der Waals surface area contributed by atoms with E-state index < -0.39 is 5.97 Å². The molecule has 0 bridgehead atoms. The number of anilines is 1. The average Bonchev–Trinajstić information content (AvgIpc) is 2.62. The molecule has 132 valence electrons. The topological polar surface area (TPSA) is 75.5 Å². The van der Waals surface area contributed by atoms with Crippen LogP contribution in [-0.2, 0) is 4.74 Å². The van der Waals surface area contributed by atoms with E-state index in [1.807, 2.05) is 6.07 Å². The van der Waals surface area contributed by atoms with Gasteiger partial charge < -0.3 is 14.7 Å². The molecule has 0 spiro atoms. The second-order valence-corrected chi connectivity index (χ2v) is 6.21. The highest BCUT2D eigenvalue weighted by molar-refractivity contribution is 5.95. The first kappa shape index (κ1) is 17.2. The molecule has 2 aromatic rings. The van der Waals surface area contributed by atoms with E-state index in [1.54, 1.807) is 25.1 Å². The van der Waals surface area contributed by atoms with Gasteiger partial charge in [-0.25, -0.2) is 14.8 Å². The zero-order chi connectivity index (χ0) is 17.8. The number of ether oxygens (including phenoxy) is 1. The van der Waals surface area contributed by atoms with Gasteiger partial charge in [0.2, 0.25) is 0 Å². The third kappa shape index (κ3) is 3.57. The van der Waals surface area contributed by atoms with Crippen LogP contribution in [0, 0.1) is 0 Å². The van der Waals surface area contributed by atoms with Crippen LogP contribution in [-0.4, -0.2) is 40.2 Å². The van der Waals surface area contributed by atoms with Crippen molar-refractivity contribution >= 4 is 11.8 Å². The first-order valence-corrected chi connectivity index (χ1v) is 8.71. The Hall–Kier alpha value is -2.63. The number of hydrogen-bond acceptors (Lipinski definition) is 6. The van der Waals surface area contributed by atoms with E-state index in [4.69, 9.17) is 4.74 Å². The molecule has 1 unspecified atom stereocenters. The molecular weight excluding hydrogens is 318 g/mol. The average molecular weight is 341 g/mol. The molecule has 1 N–H and O–H groups in total. The molecule has 1 aromatic carbocycles. The zero-order valence-corrected chi connectivity index (χ0v) is 14.6. The Morgan fingerprint density at radius 1 is 1.36 bits per heavy atom. The minimum absolute atomic E-state index is 0.115. The van der Waals surface area contributed by atoms with Crippen LogP contribution in [0.5, 0.6) is 5.75 Å². The Bertz CT molecular complexity index is 763. The molecule has 1 aliphatic rings. The van der Waals surface area contributed by atoms with Crippen molar-refractivity contribution in [3.63, 3.8) is 0 Å². The summed E-state index contributed by atoms with van der Waals surface area (Å²) in [6.07, 6.45) is 4.79. The Balaban J connectivity index is 2.08. The first-order chi connectivity index (χ1) is 12.1. The monoisotopic (exact) mass is 341 g/mol. The minimum atomic E-state index is -0.417. The van der Waals surface area contributed by atoms with Gasteiger partial charge in [0, 0.05) is 18.8 Å². The number of carbonyl (C=O) groups excluding carboxylic acids is 1. The number of hydrogen-bond donors (Lipinski definition) is 1. The van der Waals surface area contributed by atoms with Crippen LogP contribution >= 0.6 is 0 Å². The molecule has 0 aliphatic carbocycles. The Morgan fingerprint density at radius 2 is 2.16 bits per heavy atom. The van der Waals surface area contributed by atoms with Gasteiger partial charge in [-0.2, -0.15) is 0 Å². The van der Waals surface area contributed by atoms with E-state index in [-0.39, 0.29) is 11.8 Å². The highest BCUT2D eigenvalue weighted by Crippen LogP contribution is 2.31. The maximum atomic E-state index is 12.4. The van der Waals surface area contributed by atoms with Crippen molar-refractivity contribution in [2.45, 2.75) is 39.2 Å². The molecule has 1 saturated heterocycles. The number of carbonyl (C=O) groups is 1. The molecule has 0 amide bonds. The third-order valence-electron chi connectivity index (χ3n) is 4.48. The third-order valence-corrected chi connectivity index (χ3v) is 4.48. The van der Waals surface area contributed by atoms with Crippen LogP contribution in [0.3, 0.4) is 0 Å². The number of nitrogens with zero attached hydrogens (tertiary/aromatic N) is 3. The van der Waals surface area contributed by atoms with Gasteiger partial charge in [-0.05, 0) is 45.2 Å². The maximum absolute atomic E-state index is 12.4. The van der Waals surface area contributed by atoms with Gasteiger partial charge in [0.1, 0.15) is 17.1 Å². The molecule has 1 fully saturated rings. The van der Waals surface area contributed by atoms with Crippen LogP contribution in [0.15, 0.2) is 30.5 Å². The van der Waals surface area contributed by atoms with E-state index in [1.165, 1.54) is 12.6 Å². The van der Waals surface area contributed by atoms with Crippen LogP contribution in [0.2, 0.25) is 0 Å². The van der Waals surface area contributed by atoms with Gasteiger partial charge in [-0.3, -0.25) is 0 Å². The molecule has 1 aliphatic heterocycles. The maximum Gasteiger partial charge on any atom is 0.343 e. The minimum Gasteiger partial charge on any atom is -0.507 e. The lowest BCUT2D eigenvalue weighted by Gasteiger charge is -2.35. The fourth-order valence-electron chi connectivity index (χ4n) is 3.15. The van der Waals surface area contributed by atoms with Gasteiger partial charge in [-0.15, -0.1) is 0 Å². The van der Waals surface area contributed by atoms with E-state index in [2.05, 4.69) is 21.8 Å². The van der Waals surface area contributed by atoms with Crippen LogP contribution in [0.1, 0.15) is 43.5 Å². The number of aromatic hydroxyl groups is 1. The molecule has 0 radical (unpaired) electrons. The highest BCUT2D eigenvalue weighted by Gasteiger charge is 2.26. The fraction of sp³-hybridized carbons (Fsp3) is 0.421. The van der Waals surface area contributed by atoms with Gasteiger partial charge in [-0.1, -0.05) is 12.1 Å². The lowest BCUT2D eigenvalue weighted by atomic mass is 10.0. The second-order valence-electron chi connectivity index (χ2n) is 6.21. The molecular formula is C19H23N3O3. The zero-order valence-electron chi connectivity index (χ0n) is 14.6. The predicted molar refractivity (Wildman–Crippen MR) is 95.7 cm³/mol. The largest absolute Gasteiger partial charge is 0.507 e. The van der Waals surface area contributed by atoms with Crippen LogP contribution in [0.25, 0.3) is 11.4 Å². The SMILES string of the molecule is CCOC(=O)c1cnc(-c2ccccc2O)nc1N1CCCCC1C. The number of benzene rings is 1. The van der Waals surface area contributed by atoms with Crippen molar-refractivity contribution in [3.8, 4) is 17.1 Å². The first-order valence-electron chi connectivity index (χ1n) is 8.71. The van der Waals surface area contributed by atoms with E-state index in [0.717, 1.165) is 19.4 Å². The van der Waals surface area contributed by atoms with Gasteiger partial charge in [0.15, 0.2) is 5.82 Å². The molecule has 3 rings (SSSR count). The summed E-state index contributed by atoms with van der Waals surface area (Å²) in [5.74, 6) is 0.681. The molecule has 1 aromatic heterocycles. The molecule has 25 heavy (non-hydrogen) atoms. The van der Waals surface area contributed by atoms with Crippen molar-refractivity contribution in [1.82, 2.24) is 9.97 Å². The lowest BCUT2D eigenvalue weighted by Crippen LogP contribution is -2.39. The number of esters is 1. The molecule has 2 heterocycles. The number of phenols is 1. The van der Waals surface area contributed by atoms with E-state index in [0.29, 0.717) is 29.4 Å². The second kappa shape index (κ2) is 7.51. The van der Waals surface area contributed by atoms with Crippen LogP contribution in [0.4, 0.5) is 5.82 Å². The summed E-state index contributed by atoms with van der Waals surface area (Å²) < 4.78 is 5.17. The van der Waals surface area contributed by atoms with Crippen molar-refractivity contribution in [2.75, 3.05) is 18.1 Å².